The van der Waals surface area contributed by atoms with Gasteiger partial charge in [-0.1, -0.05) is 6.07 Å². The average Bonchev–Trinajstić information content (AvgIpc) is 3.39. The lowest BCUT2D eigenvalue weighted by Gasteiger charge is -2.47. The molecule has 3 heterocycles. The minimum Gasteiger partial charge on any atom is -0.463 e. The van der Waals surface area contributed by atoms with Crippen LogP contribution in [0.3, 0.4) is 0 Å². The molecule has 0 radical (unpaired) electrons. The van der Waals surface area contributed by atoms with Crippen molar-refractivity contribution in [2.24, 2.45) is 0 Å². The first-order chi connectivity index (χ1) is 25.0. The summed E-state index contributed by atoms with van der Waals surface area (Å²) in [5.41, 5.74) is 0. The fourth-order valence-electron chi connectivity index (χ4n) is 5.90. The number of esters is 6. The standard InChI is InChI=1S/C34H44O19/c1-9-43-34(8)52-23-12-10-11-22(29(23)53-34)48-27-13-24(44-18(4)37)28(25(49-27)14-41-16(2)35)51-33-32(47-21(7)40)31(46-20(6)39)30(45-19(5)38)26(50-33)15-42-17(3)36/h10-12,24-28,30-33H,9,13-15H2,1-8H3/t24-,25-,26-,27-,28+,30+,31+,32-,33+,34?/m1/s1. The number of hydrogen-bond acceptors (Lipinski definition) is 19. The van der Waals surface area contributed by atoms with Gasteiger partial charge in [0.05, 0.1) is 6.61 Å². The Hall–Kier alpha value is -4.72. The van der Waals surface area contributed by atoms with Gasteiger partial charge in [-0.2, -0.15) is 0 Å². The molecule has 2 fully saturated rings. The zero-order valence-electron chi connectivity index (χ0n) is 30.5. The van der Waals surface area contributed by atoms with Gasteiger partial charge in [-0.15, -0.1) is 0 Å². The van der Waals surface area contributed by atoms with Gasteiger partial charge in [0.1, 0.15) is 37.6 Å². The number of para-hydroxylation sites is 1. The second-order valence-electron chi connectivity index (χ2n) is 12.2. The number of ether oxygens (including phenoxy) is 13. The molecule has 1 aromatic carbocycles. The van der Waals surface area contributed by atoms with Gasteiger partial charge in [0, 0.05) is 54.9 Å². The van der Waals surface area contributed by atoms with Gasteiger partial charge < -0.3 is 61.6 Å². The van der Waals surface area contributed by atoms with Crippen LogP contribution in [0.15, 0.2) is 18.2 Å². The minimum atomic E-state index is -1.68. The Labute approximate surface area is 304 Å². The first-order valence-corrected chi connectivity index (χ1v) is 16.7. The molecule has 3 aliphatic heterocycles. The maximum absolute atomic E-state index is 12.5. The van der Waals surface area contributed by atoms with Crippen molar-refractivity contribution < 1.29 is 90.3 Å². The highest BCUT2D eigenvalue weighted by atomic mass is 16.9. The molecule has 0 saturated carbocycles. The molecule has 294 valence electrons. The lowest BCUT2D eigenvalue weighted by molar-refractivity contribution is -0.343. The molecule has 1 aromatic rings. The van der Waals surface area contributed by atoms with Crippen molar-refractivity contribution in [3.8, 4) is 17.2 Å². The molecule has 0 aliphatic carbocycles. The maximum atomic E-state index is 12.5. The highest BCUT2D eigenvalue weighted by molar-refractivity contribution is 5.69. The predicted molar refractivity (Wildman–Crippen MR) is 171 cm³/mol. The predicted octanol–water partition coefficient (Wildman–Crippen LogP) is 1.62. The number of rotatable bonds is 14. The largest absolute Gasteiger partial charge is 0.463 e. The van der Waals surface area contributed by atoms with Gasteiger partial charge in [-0.05, 0) is 19.1 Å². The van der Waals surface area contributed by atoms with Crippen molar-refractivity contribution in [3.05, 3.63) is 18.2 Å². The molecule has 0 aromatic heterocycles. The number of benzene rings is 1. The van der Waals surface area contributed by atoms with Crippen LogP contribution >= 0.6 is 0 Å². The van der Waals surface area contributed by atoms with Crippen LogP contribution in [-0.4, -0.2) is 117 Å². The van der Waals surface area contributed by atoms with E-state index in [4.69, 9.17) is 61.6 Å². The van der Waals surface area contributed by atoms with E-state index in [0.29, 0.717) is 5.75 Å². The number of carbonyl (C=O) groups excluding carboxylic acids is 6. The maximum Gasteiger partial charge on any atom is 0.369 e. The second-order valence-corrected chi connectivity index (χ2v) is 12.2. The SMILES string of the molecule is CCOC1(C)Oc2cccc(O[C@H]3C[C@@H](OC(C)=O)[C@H](O[C@@H]4O[C@H](COC(C)=O)[C@H](OC(C)=O)[C@H](OC(C)=O)[C@H]4OC(C)=O)[C@@H](COC(C)=O)O3)c2O1. The fourth-order valence-corrected chi connectivity index (χ4v) is 5.90. The lowest BCUT2D eigenvalue weighted by Crippen LogP contribution is -2.65. The van der Waals surface area contributed by atoms with Crippen LogP contribution in [0.25, 0.3) is 0 Å². The first kappa shape index (κ1) is 41.0. The Morgan fingerprint density at radius 1 is 0.698 bits per heavy atom. The van der Waals surface area contributed by atoms with Gasteiger partial charge in [-0.25, -0.2) is 0 Å². The molecule has 0 spiro atoms. The van der Waals surface area contributed by atoms with E-state index in [1.54, 1.807) is 32.0 Å². The van der Waals surface area contributed by atoms with Gasteiger partial charge in [-0.3, -0.25) is 28.8 Å². The third-order valence-corrected chi connectivity index (χ3v) is 7.68. The summed E-state index contributed by atoms with van der Waals surface area (Å²) >= 11 is 0. The topological polar surface area (TPSA) is 222 Å². The van der Waals surface area contributed by atoms with Crippen LogP contribution in [0.1, 0.15) is 61.8 Å². The monoisotopic (exact) mass is 756 g/mol. The highest BCUT2D eigenvalue weighted by Crippen LogP contribution is 2.47. The van der Waals surface area contributed by atoms with Crippen molar-refractivity contribution in [1.82, 2.24) is 0 Å². The Kier molecular flexibility index (Phi) is 13.8. The summed E-state index contributed by atoms with van der Waals surface area (Å²) in [7, 11) is 0. The Morgan fingerprint density at radius 2 is 1.26 bits per heavy atom. The molecule has 19 nitrogen and oxygen atoms in total. The molecule has 2 saturated heterocycles. The quantitative estimate of drug-likeness (QED) is 0.194. The zero-order chi connectivity index (χ0) is 39.0. The van der Waals surface area contributed by atoms with Crippen molar-refractivity contribution in [3.63, 3.8) is 0 Å². The van der Waals surface area contributed by atoms with Crippen LogP contribution in [0, 0.1) is 0 Å². The van der Waals surface area contributed by atoms with E-state index in [-0.39, 0.29) is 24.5 Å². The molecule has 0 N–H and O–H groups in total. The molecule has 53 heavy (non-hydrogen) atoms. The smallest absolute Gasteiger partial charge is 0.369 e. The molecular weight excluding hydrogens is 712 g/mol. The molecule has 19 heteroatoms. The third-order valence-electron chi connectivity index (χ3n) is 7.68. The highest BCUT2D eigenvalue weighted by Gasteiger charge is 2.55. The van der Waals surface area contributed by atoms with E-state index in [9.17, 15) is 28.8 Å². The first-order valence-electron chi connectivity index (χ1n) is 16.7. The second kappa shape index (κ2) is 17.9. The number of hydrogen-bond donors (Lipinski definition) is 0. The van der Waals surface area contributed by atoms with Crippen molar-refractivity contribution in [2.75, 3.05) is 19.8 Å². The molecule has 1 unspecified atom stereocenters. The van der Waals surface area contributed by atoms with E-state index in [0.717, 1.165) is 41.5 Å². The van der Waals surface area contributed by atoms with Crippen LogP contribution < -0.4 is 14.2 Å². The summed E-state index contributed by atoms with van der Waals surface area (Å²) in [6.45, 7) is 9.32. The third kappa shape index (κ3) is 11.1. The van der Waals surface area contributed by atoms with Gasteiger partial charge in [0.15, 0.2) is 36.1 Å². The van der Waals surface area contributed by atoms with E-state index < -0.39 is 110 Å². The average molecular weight is 757 g/mol. The summed E-state index contributed by atoms with van der Waals surface area (Å²) in [5.74, 6) is -5.39. The van der Waals surface area contributed by atoms with Crippen LogP contribution in [-0.2, 0) is 76.1 Å². The van der Waals surface area contributed by atoms with E-state index in [2.05, 4.69) is 0 Å². The normalized spacial score (nSPS) is 30.3. The molecule has 0 amide bonds. The number of carbonyl (C=O) groups is 6. The van der Waals surface area contributed by atoms with Gasteiger partial charge >= 0.3 is 41.8 Å². The van der Waals surface area contributed by atoms with Crippen LogP contribution in [0.4, 0.5) is 0 Å². The minimum absolute atomic E-state index is 0.181. The van der Waals surface area contributed by atoms with Gasteiger partial charge in [0.25, 0.3) is 0 Å². The van der Waals surface area contributed by atoms with Crippen molar-refractivity contribution in [2.45, 2.75) is 123 Å². The Morgan fingerprint density at radius 3 is 1.83 bits per heavy atom. The molecule has 0 bridgehead atoms. The molecule has 4 rings (SSSR count). The van der Waals surface area contributed by atoms with Crippen LogP contribution in [0.5, 0.6) is 17.2 Å². The van der Waals surface area contributed by atoms with E-state index in [1.807, 2.05) is 0 Å². The Balaban J connectivity index is 1.70. The summed E-state index contributed by atoms with van der Waals surface area (Å²) < 4.78 is 74.7. The summed E-state index contributed by atoms with van der Waals surface area (Å²) in [5, 5.41) is 0. The summed E-state index contributed by atoms with van der Waals surface area (Å²) in [4.78, 5) is 73.1. The Bertz CT molecular complexity index is 1510. The lowest BCUT2D eigenvalue weighted by atomic mass is 9.97. The van der Waals surface area contributed by atoms with E-state index in [1.165, 1.54) is 0 Å². The zero-order valence-corrected chi connectivity index (χ0v) is 30.5. The number of fused-ring (bicyclic) bond motifs is 1. The van der Waals surface area contributed by atoms with Gasteiger partial charge in [0.2, 0.25) is 12.0 Å². The van der Waals surface area contributed by atoms with Crippen molar-refractivity contribution in [1.29, 1.82) is 0 Å². The van der Waals surface area contributed by atoms with Crippen molar-refractivity contribution >= 4 is 35.8 Å². The summed E-state index contributed by atoms with van der Waals surface area (Å²) in [6.07, 6.45) is -12.8. The molecular formula is C34H44O19. The summed E-state index contributed by atoms with van der Waals surface area (Å²) in [6, 6.07) is 4.89. The fraction of sp³-hybridized carbons (Fsp3) is 0.647. The molecule has 3 aliphatic rings. The van der Waals surface area contributed by atoms with Crippen LogP contribution in [0.2, 0.25) is 0 Å². The van der Waals surface area contributed by atoms with E-state index >= 15 is 0 Å². The molecule has 10 atom stereocenters.